The second-order valence-electron chi connectivity index (χ2n) is 4.81. The molecule has 0 aliphatic carbocycles. The van der Waals surface area contributed by atoms with E-state index in [-0.39, 0.29) is 11.5 Å². The second kappa shape index (κ2) is 6.54. The number of alkyl halides is 6. The van der Waals surface area contributed by atoms with Crippen LogP contribution in [-0.2, 0) is 5.92 Å². The van der Waals surface area contributed by atoms with E-state index in [1.54, 1.807) is 0 Å². The van der Waals surface area contributed by atoms with E-state index >= 15 is 0 Å². The van der Waals surface area contributed by atoms with Crippen LogP contribution in [0.5, 0.6) is 11.5 Å². The van der Waals surface area contributed by atoms with Crippen LogP contribution in [0.2, 0.25) is 0 Å². The van der Waals surface area contributed by atoms with E-state index in [0.717, 1.165) is 12.1 Å². The van der Waals surface area contributed by atoms with E-state index in [1.165, 1.54) is 24.3 Å². The molecule has 0 bridgehead atoms. The average molecular weight is 348 g/mol. The Balaban J connectivity index is 2.23. The summed E-state index contributed by atoms with van der Waals surface area (Å²) in [5, 5.41) is 0. The Bertz CT molecular complexity index is 713. The summed E-state index contributed by atoms with van der Waals surface area (Å²) in [6.07, 6.45) is -3.93. The first-order valence-electron chi connectivity index (χ1n) is 6.56. The number of rotatable bonds is 6. The summed E-state index contributed by atoms with van der Waals surface area (Å²) in [5.74, 6) is -10.3. The largest absolute Gasteiger partial charge is 0.457 e. The SMILES string of the molecule is O=Cc1cccc(Oc2ccc(C(F)(F)C(F)(F)C(F)F)cc2)c1. The van der Waals surface area contributed by atoms with Crippen LogP contribution in [0.25, 0.3) is 0 Å². The molecule has 0 N–H and O–H groups in total. The van der Waals surface area contributed by atoms with Gasteiger partial charge in [0.25, 0.3) is 0 Å². The highest BCUT2D eigenvalue weighted by Crippen LogP contribution is 2.46. The van der Waals surface area contributed by atoms with E-state index in [2.05, 4.69) is 0 Å². The Hall–Kier alpha value is -2.51. The zero-order valence-electron chi connectivity index (χ0n) is 11.9. The van der Waals surface area contributed by atoms with Gasteiger partial charge in [0.15, 0.2) is 0 Å². The van der Waals surface area contributed by atoms with Gasteiger partial charge >= 0.3 is 18.3 Å². The molecule has 0 radical (unpaired) electrons. The van der Waals surface area contributed by atoms with Crippen molar-refractivity contribution >= 4 is 6.29 Å². The molecular weight excluding hydrogens is 338 g/mol. The number of ether oxygens (including phenoxy) is 1. The van der Waals surface area contributed by atoms with Gasteiger partial charge in [0, 0.05) is 11.1 Å². The molecule has 0 saturated carbocycles. The van der Waals surface area contributed by atoms with Crippen LogP contribution in [0, 0.1) is 0 Å². The highest BCUT2D eigenvalue weighted by molar-refractivity contribution is 5.75. The average Bonchev–Trinajstić information content (AvgIpc) is 2.55. The maximum atomic E-state index is 13.5. The lowest BCUT2D eigenvalue weighted by molar-refractivity contribution is -0.270. The second-order valence-corrected chi connectivity index (χ2v) is 4.81. The molecule has 2 aromatic carbocycles. The number of hydrogen-bond donors (Lipinski definition) is 0. The van der Waals surface area contributed by atoms with E-state index in [1.807, 2.05) is 0 Å². The minimum absolute atomic E-state index is 0.0120. The third-order valence-electron chi connectivity index (χ3n) is 3.14. The topological polar surface area (TPSA) is 26.3 Å². The smallest absolute Gasteiger partial charge is 0.373 e. The number of halogens is 6. The van der Waals surface area contributed by atoms with Crippen LogP contribution >= 0.6 is 0 Å². The Morgan fingerprint density at radius 3 is 2.08 bits per heavy atom. The van der Waals surface area contributed by atoms with Crippen LogP contribution in [0.4, 0.5) is 26.3 Å². The number of hydrogen-bond acceptors (Lipinski definition) is 2. The third-order valence-corrected chi connectivity index (χ3v) is 3.14. The van der Waals surface area contributed by atoms with Crippen LogP contribution in [-0.4, -0.2) is 18.6 Å². The third kappa shape index (κ3) is 3.37. The first-order valence-corrected chi connectivity index (χ1v) is 6.56. The van der Waals surface area contributed by atoms with Crippen LogP contribution in [0.1, 0.15) is 15.9 Å². The molecule has 0 amide bonds. The first-order chi connectivity index (χ1) is 11.2. The minimum atomic E-state index is -5.49. The fourth-order valence-electron chi connectivity index (χ4n) is 1.85. The van der Waals surface area contributed by atoms with Gasteiger partial charge in [-0.25, -0.2) is 8.78 Å². The summed E-state index contributed by atoms with van der Waals surface area (Å²) in [7, 11) is 0. The molecule has 0 aromatic heterocycles. The van der Waals surface area contributed by atoms with Crippen molar-refractivity contribution in [1.29, 1.82) is 0 Å². The van der Waals surface area contributed by atoms with Gasteiger partial charge in [-0.3, -0.25) is 4.79 Å². The summed E-state index contributed by atoms with van der Waals surface area (Å²) in [5.41, 5.74) is -0.950. The molecule has 8 heteroatoms. The van der Waals surface area contributed by atoms with Crippen LogP contribution < -0.4 is 4.74 Å². The predicted molar refractivity (Wildman–Crippen MR) is 73.2 cm³/mol. The quantitative estimate of drug-likeness (QED) is 0.524. The first kappa shape index (κ1) is 17.8. The monoisotopic (exact) mass is 348 g/mol. The molecule has 0 aliphatic rings. The molecule has 0 spiro atoms. The van der Waals surface area contributed by atoms with Crippen molar-refractivity contribution in [1.82, 2.24) is 0 Å². The zero-order chi connectivity index (χ0) is 18.0. The standard InChI is InChI=1S/C16H10F6O2/c17-14(18)16(21,22)15(19,20)11-4-6-12(7-5-11)24-13-3-1-2-10(8-13)9-23/h1-9,14H. The van der Waals surface area contributed by atoms with Gasteiger partial charge in [-0.2, -0.15) is 17.6 Å². The lowest BCUT2D eigenvalue weighted by Crippen LogP contribution is -2.44. The Morgan fingerprint density at radius 2 is 1.54 bits per heavy atom. The van der Waals surface area contributed by atoms with Crippen molar-refractivity contribution in [3.63, 3.8) is 0 Å². The van der Waals surface area contributed by atoms with Crippen molar-refractivity contribution in [3.8, 4) is 11.5 Å². The molecular formula is C16H10F6O2. The van der Waals surface area contributed by atoms with Crippen molar-refractivity contribution in [3.05, 3.63) is 59.7 Å². The summed E-state index contributed by atoms with van der Waals surface area (Å²) >= 11 is 0. The van der Waals surface area contributed by atoms with Crippen molar-refractivity contribution < 1.29 is 35.9 Å². The van der Waals surface area contributed by atoms with Gasteiger partial charge in [0.05, 0.1) is 0 Å². The van der Waals surface area contributed by atoms with Crippen LogP contribution in [0.3, 0.4) is 0 Å². The van der Waals surface area contributed by atoms with E-state index in [4.69, 9.17) is 4.74 Å². The molecule has 2 nitrogen and oxygen atoms in total. The summed E-state index contributed by atoms with van der Waals surface area (Å²) in [6.45, 7) is 0. The predicted octanol–water partition coefficient (Wildman–Crippen LogP) is 5.28. The molecule has 0 aliphatic heterocycles. The molecule has 0 unspecified atom stereocenters. The van der Waals surface area contributed by atoms with Gasteiger partial charge < -0.3 is 4.74 Å². The molecule has 128 valence electrons. The number of aldehydes is 1. The fourth-order valence-corrected chi connectivity index (χ4v) is 1.85. The molecule has 24 heavy (non-hydrogen) atoms. The lowest BCUT2D eigenvalue weighted by atomic mass is 10.0. The molecule has 2 aromatic rings. The van der Waals surface area contributed by atoms with Gasteiger partial charge in [-0.1, -0.05) is 12.1 Å². The molecule has 0 fully saturated rings. The van der Waals surface area contributed by atoms with E-state index < -0.39 is 23.8 Å². The van der Waals surface area contributed by atoms with Gasteiger partial charge in [0.2, 0.25) is 0 Å². The Labute approximate surface area is 132 Å². The molecule has 0 saturated heterocycles. The molecule has 0 heterocycles. The summed E-state index contributed by atoms with van der Waals surface area (Å²) < 4.78 is 82.6. The van der Waals surface area contributed by atoms with E-state index in [9.17, 15) is 31.1 Å². The van der Waals surface area contributed by atoms with Gasteiger partial charge in [-0.05, 0) is 36.4 Å². The van der Waals surface area contributed by atoms with Crippen molar-refractivity contribution in [2.24, 2.45) is 0 Å². The number of carbonyl (C=O) groups excluding carboxylic acids is 1. The number of benzene rings is 2. The maximum Gasteiger partial charge on any atom is 0.373 e. The highest BCUT2D eigenvalue weighted by atomic mass is 19.3. The van der Waals surface area contributed by atoms with Gasteiger partial charge in [-0.15, -0.1) is 0 Å². The Kier molecular flexibility index (Phi) is 4.86. The van der Waals surface area contributed by atoms with Crippen LogP contribution in [0.15, 0.2) is 48.5 Å². The minimum Gasteiger partial charge on any atom is -0.457 e. The summed E-state index contributed by atoms with van der Waals surface area (Å²) in [4.78, 5) is 10.6. The fraction of sp³-hybridized carbons (Fsp3) is 0.188. The molecule has 2 rings (SSSR count). The molecule has 0 atom stereocenters. The van der Waals surface area contributed by atoms with Gasteiger partial charge in [0.1, 0.15) is 17.8 Å². The van der Waals surface area contributed by atoms with Crippen molar-refractivity contribution in [2.45, 2.75) is 18.3 Å². The van der Waals surface area contributed by atoms with E-state index in [0.29, 0.717) is 24.0 Å². The van der Waals surface area contributed by atoms with Crippen molar-refractivity contribution in [2.75, 3.05) is 0 Å². The Morgan fingerprint density at radius 1 is 0.917 bits per heavy atom. The highest BCUT2D eigenvalue weighted by Gasteiger charge is 2.63. The normalized spacial score (nSPS) is 12.3. The zero-order valence-corrected chi connectivity index (χ0v) is 11.9. The lowest BCUT2D eigenvalue weighted by Gasteiger charge is -2.26. The maximum absolute atomic E-state index is 13.5. The summed E-state index contributed by atoms with van der Waals surface area (Å²) in [6, 6.07) is 8.93. The number of carbonyl (C=O) groups is 1.